The molecule has 0 atom stereocenters. The number of carbonyl (C=O) groups is 2. The number of nitrogens with zero attached hydrogens (tertiary/aromatic N) is 2. The molecule has 0 fully saturated rings. The molecule has 7 nitrogen and oxygen atoms in total. The summed E-state index contributed by atoms with van der Waals surface area (Å²) in [6, 6.07) is 12.0. The van der Waals surface area contributed by atoms with Crippen LogP contribution in [-0.2, 0) is 0 Å². The molecule has 0 unspecified atom stereocenters. The van der Waals surface area contributed by atoms with Crippen LogP contribution in [0.2, 0.25) is 0 Å². The normalized spacial score (nSPS) is 10.0. The van der Waals surface area contributed by atoms with Crippen LogP contribution in [0.5, 0.6) is 0 Å². The summed E-state index contributed by atoms with van der Waals surface area (Å²) in [7, 11) is 0. The van der Waals surface area contributed by atoms with E-state index in [2.05, 4.69) is 25.9 Å². The number of hydrogen-bond donors (Lipinski definition) is 3. The minimum absolute atomic E-state index is 0.325. The van der Waals surface area contributed by atoms with Gasteiger partial charge in [-0.05, 0) is 36.8 Å². The number of amides is 3. The van der Waals surface area contributed by atoms with Crippen LogP contribution in [0.1, 0.15) is 15.9 Å². The van der Waals surface area contributed by atoms with Crippen LogP contribution < -0.4 is 16.0 Å². The second kappa shape index (κ2) is 7.89. The maximum atomic E-state index is 12.4. The van der Waals surface area contributed by atoms with E-state index in [-0.39, 0.29) is 5.91 Å². The van der Waals surface area contributed by atoms with E-state index in [1.54, 1.807) is 36.7 Å². The van der Waals surface area contributed by atoms with Crippen LogP contribution in [0.25, 0.3) is 0 Å². The van der Waals surface area contributed by atoms with Crippen molar-refractivity contribution in [3.05, 3.63) is 78.4 Å². The molecular weight excluding hydrogens is 330 g/mol. The van der Waals surface area contributed by atoms with Gasteiger partial charge in [0.2, 0.25) is 0 Å². The predicted octanol–water partition coefficient (Wildman–Crippen LogP) is 3.68. The number of urea groups is 1. The second-order valence-electron chi connectivity index (χ2n) is 5.55. The molecule has 0 aliphatic carbocycles. The van der Waals surface area contributed by atoms with Crippen molar-refractivity contribution in [1.29, 1.82) is 0 Å². The molecule has 0 radical (unpaired) electrons. The first-order chi connectivity index (χ1) is 12.6. The van der Waals surface area contributed by atoms with Crippen molar-refractivity contribution < 1.29 is 9.59 Å². The third-order valence-corrected chi connectivity index (χ3v) is 3.58. The van der Waals surface area contributed by atoms with Crippen molar-refractivity contribution in [3.63, 3.8) is 0 Å². The fourth-order valence-electron chi connectivity index (χ4n) is 2.24. The van der Waals surface area contributed by atoms with Gasteiger partial charge in [-0.1, -0.05) is 18.2 Å². The van der Waals surface area contributed by atoms with Gasteiger partial charge < -0.3 is 16.0 Å². The Balaban J connectivity index is 1.67. The molecule has 3 N–H and O–H groups in total. The number of rotatable bonds is 4. The molecule has 3 rings (SSSR count). The molecule has 7 heteroatoms. The van der Waals surface area contributed by atoms with Crippen LogP contribution in [0.15, 0.2) is 67.3 Å². The maximum absolute atomic E-state index is 12.4. The summed E-state index contributed by atoms with van der Waals surface area (Å²) in [5.41, 5.74) is 2.93. The van der Waals surface area contributed by atoms with Gasteiger partial charge in [-0.2, -0.15) is 0 Å². The average Bonchev–Trinajstić information content (AvgIpc) is 2.64. The van der Waals surface area contributed by atoms with E-state index >= 15 is 0 Å². The van der Waals surface area contributed by atoms with Crippen molar-refractivity contribution in [3.8, 4) is 0 Å². The molecule has 0 aliphatic rings. The van der Waals surface area contributed by atoms with E-state index in [9.17, 15) is 9.59 Å². The maximum Gasteiger partial charge on any atom is 0.323 e. The SMILES string of the molecule is Cc1ccncc1NC(=O)c1cncc(NC(=O)Nc2ccccc2)c1. The third-order valence-electron chi connectivity index (χ3n) is 3.58. The highest BCUT2D eigenvalue weighted by Gasteiger charge is 2.10. The lowest BCUT2D eigenvalue weighted by molar-refractivity contribution is 0.102. The van der Waals surface area contributed by atoms with Gasteiger partial charge in [0.25, 0.3) is 5.91 Å². The lowest BCUT2D eigenvalue weighted by Crippen LogP contribution is -2.20. The highest BCUT2D eigenvalue weighted by atomic mass is 16.2. The van der Waals surface area contributed by atoms with Crippen molar-refractivity contribution in [2.24, 2.45) is 0 Å². The summed E-state index contributed by atoms with van der Waals surface area (Å²) < 4.78 is 0. The van der Waals surface area contributed by atoms with E-state index in [0.29, 0.717) is 22.6 Å². The lowest BCUT2D eigenvalue weighted by Gasteiger charge is -2.10. The quantitative estimate of drug-likeness (QED) is 0.671. The second-order valence-corrected chi connectivity index (χ2v) is 5.55. The molecule has 0 spiro atoms. The highest BCUT2D eigenvalue weighted by molar-refractivity contribution is 6.06. The number of anilines is 3. The molecule has 26 heavy (non-hydrogen) atoms. The molecule has 0 saturated carbocycles. The molecule has 2 heterocycles. The number of pyridine rings is 2. The third kappa shape index (κ3) is 4.41. The lowest BCUT2D eigenvalue weighted by atomic mass is 10.2. The van der Waals surface area contributed by atoms with Gasteiger partial charge in [-0.25, -0.2) is 4.79 Å². The van der Waals surface area contributed by atoms with E-state index in [1.165, 1.54) is 12.4 Å². The van der Waals surface area contributed by atoms with E-state index in [1.807, 2.05) is 25.1 Å². The van der Waals surface area contributed by atoms with Gasteiger partial charge in [-0.3, -0.25) is 14.8 Å². The summed E-state index contributed by atoms with van der Waals surface area (Å²) in [4.78, 5) is 32.4. The van der Waals surface area contributed by atoms with Crippen molar-refractivity contribution in [2.45, 2.75) is 6.92 Å². The zero-order chi connectivity index (χ0) is 18.4. The van der Waals surface area contributed by atoms with Crippen LogP contribution in [0.3, 0.4) is 0 Å². The number of nitrogens with one attached hydrogen (secondary N) is 3. The molecule has 0 aliphatic heterocycles. The molecule has 0 saturated heterocycles. The summed E-state index contributed by atoms with van der Waals surface area (Å²) in [6.07, 6.45) is 6.14. The zero-order valence-corrected chi connectivity index (χ0v) is 14.1. The van der Waals surface area contributed by atoms with Gasteiger partial charge in [0.1, 0.15) is 0 Å². The van der Waals surface area contributed by atoms with Crippen LogP contribution in [0, 0.1) is 6.92 Å². The fraction of sp³-hybridized carbons (Fsp3) is 0.0526. The smallest absolute Gasteiger partial charge is 0.320 e. The topological polar surface area (TPSA) is 96.0 Å². The Morgan fingerprint density at radius 3 is 2.38 bits per heavy atom. The Bertz CT molecular complexity index is 928. The number of hydrogen-bond acceptors (Lipinski definition) is 4. The largest absolute Gasteiger partial charge is 0.323 e. The molecule has 0 bridgehead atoms. The van der Waals surface area contributed by atoms with E-state index in [0.717, 1.165) is 5.56 Å². The molecular formula is C19H17N5O2. The van der Waals surface area contributed by atoms with Gasteiger partial charge >= 0.3 is 6.03 Å². The Morgan fingerprint density at radius 2 is 1.62 bits per heavy atom. The molecule has 3 amide bonds. The number of aromatic nitrogens is 2. The van der Waals surface area contributed by atoms with Gasteiger partial charge in [-0.15, -0.1) is 0 Å². The Kier molecular flexibility index (Phi) is 5.19. The van der Waals surface area contributed by atoms with Gasteiger partial charge in [0, 0.05) is 18.1 Å². The minimum atomic E-state index is -0.418. The number of para-hydroxylation sites is 1. The van der Waals surface area contributed by atoms with Gasteiger partial charge in [0.15, 0.2) is 0 Å². The van der Waals surface area contributed by atoms with Crippen LogP contribution >= 0.6 is 0 Å². The number of carbonyl (C=O) groups excluding carboxylic acids is 2. The highest BCUT2D eigenvalue weighted by Crippen LogP contribution is 2.15. The minimum Gasteiger partial charge on any atom is -0.320 e. The first kappa shape index (κ1) is 17.1. The molecule has 130 valence electrons. The Morgan fingerprint density at radius 1 is 0.846 bits per heavy atom. The number of aryl methyl sites for hydroxylation is 1. The Labute approximate surface area is 150 Å². The van der Waals surface area contributed by atoms with Gasteiger partial charge in [0.05, 0.1) is 29.3 Å². The monoisotopic (exact) mass is 347 g/mol. The van der Waals surface area contributed by atoms with Crippen molar-refractivity contribution in [1.82, 2.24) is 9.97 Å². The summed E-state index contributed by atoms with van der Waals surface area (Å²) in [5.74, 6) is -0.333. The van der Waals surface area contributed by atoms with Crippen molar-refractivity contribution >= 4 is 29.0 Å². The Hall–Kier alpha value is -3.74. The standard InChI is InChI=1S/C19H17N5O2/c1-13-7-8-20-12-17(13)24-18(25)14-9-16(11-21-10-14)23-19(26)22-15-5-3-2-4-6-15/h2-12H,1H3,(H,24,25)(H2,22,23,26). The van der Waals surface area contributed by atoms with E-state index in [4.69, 9.17) is 0 Å². The van der Waals surface area contributed by atoms with Crippen molar-refractivity contribution in [2.75, 3.05) is 16.0 Å². The molecule has 1 aromatic carbocycles. The summed E-state index contributed by atoms with van der Waals surface area (Å²) in [5, 5.41) is 8.13. The first-order valence-corrected chi connectivity index (χ1v) is 7.92. The molecule has 2 aromatic heterocycles. The average molecular weight is 347 g/mol. The predicted molar refractivity (Wildman–Crippen MR) is 100 cm³/mol. The van der Waals surface area contributed by atoms with E-state index < -0.39 is 6.03 Å². The fourth-order valence-corrected chi connectivity index (χ4v) is 2.24. The molecule has 3 aromatic rings. The summed E-state index contributed by atoms with van der Waals surface area (Å²) in [6.45, 7) is 1.88. The van der Waals surface area contributed by atoms with Crippen LogP contribution in [0.4, 0.5) is 21.9 Å². The number of benzene rings is 1. The van der Waals surface area contributed by atoms with Crippen LogP contribution in [-0.4, -0.2) is 21.9 Å². The first-order valence-electron chi connectivity index (χ1n) is 7.92. The summed E-state index contributed by atoms with van der Waals surface area (Å²) >= 11 is 0. The zero-order valence-electron chi connectivity index (χ0n) is 14.1.